The van der Waals surface area contributed by atoms with Crippen LogP contribution in [-0.2, 0) is 4.79 Å². The third-order valence-electron chi connectivity index (χ3n) is 5.61. The Bertz CT molecular complexity index is 1300. The Morgan fingerprint density at radius 2 is 1.68 bits per heavy atom. The third-order valence-corrected chi connectivity index (χ3v) is 6.03. The molecule has 4 aromatic rings. The minimum atomic E-state index is 0.533. The van der Waals surface area contributed by atoms with Crippen LogP contribution < -0.4 is 5.32 Å². The lowest BCUT2D eigenvalue weighted by molar-refractivity contribution is -0.105. The molecule has 0 saturated heterocycles. The zero-order valence-electron chi connectivity index (χ0n) is 17.9. The zero-order valence-corrected chi connectivity index (χ0v) is 18.7. The highest BCUT2D eigenvalue weighted by molar-refractivity contribution is 7.80. The number of hydrogen-bond acceptors (Lipinski definition) is 2. The number of thiocarbonyl (C=S) groups is 1. The van der Waals surface area contributed by atoms with Gasteiger partial charge in [-0.2, -0.15) is 0 Å². The summed E-state index contributed by atoms with van der Waals surface area (Å²) < 4.78 is 2.28. The molecule has 0 bridgehead atoms. The molecule has 0 unspecified atom stereocenters. The summed E-state index contributed by atoms with van der Waals surface area (Å²) >= 11 is 5.40. The Labute approximate surface area is 187 Å². The molecule has 5 heteroatoms. The molecule has 4 rings (SSSR count). The van der Waals surface area contributed by atoms with Crippen LogP contribution in [-0.4, -0.2) is 34.5 Å². The summed E-state index contributed by atoms with van der Waals surface area (Å²) in [5, 5.41) is 5.97. The van der Waals surface area contributed by atoms with Crippen LogP contribution in [0.3, 0.4) is 0 Å². The van der Waals surface area contributed by atoms with Crippen molar-refractivity contribution in [2.75, 3.05) is 13.6 Å². The number of carbonyl (C=O) groups excluding carboxylic acids is 1. The van der Waals surface area contributed by atoms with Gasteiger partial charge in [0.25, 0.3) is 0 Å². The summed E-state index contributed by atoms with van der Waals surface area (Å²) in [6.45, 7) is 4.65. The van der Waals surface area contributed by atoms with Gasteiger partial charge in [-0.15, -0.1) is 0 Å². The van der Waals surface area contributed by atoms with Gasteiger partial charge in [-0.05, 0) is 67.5 Å². The number of likely N-dealkylation sites (N-methyl/N-ethyl adjacent to an activating group) is 1. The van der Waals surface area contributed by atoms with Crippen molar-refractivity contribution in [1.29, 1.82) is 0 Å². The van der Waals surface area contributed by atoms with Crippen LogP contribution >= 0.6 is 12.2 Å². The van der Waals surface area contributed by atoms with E-state index in [0.717, 1.165) is 39.5 Å². The van der Waals surface area contributed by atoms with Gasteiger partial charge in [0.15, 0.2) is 11.4 Å². The normalized spacial score (nSPS) is 12.0. The molecule has 1 heterocycles. The van der Waals surface area contributed by atoms with Gasteiger partial charge in [0.05, 0.1) is 16.7 Å². The average Bonchev–Trinajstić information content (AvgIpc) is 3.13. The Balaban J connectivity index is 1.92. The van der Waals surface area contributed by atoms with Crippen molar-refractivity contribution in [2.24, 2.45) is 0 Å². The molecule has 0 aliphatic heterocycles. The van der Waals surface area contributed by atoms with Crippen LogP contribution in [0.25, 0.3) is 33.1 Å². The van der Waals surface area contributed by atoms with Gasteiger partial charge < -0.3 is 14.8 Å². The second-order valence-electron chi connectivity index (χ2n) is 7.44. The fraction of sp³-hybridized carbons (Fsp3) is 0.154. The second-order valence-corrected chi connectivity index (χ2v) is 7.83. The van der Waals surface area contributed by atoms with E-state index in [0.29, 0.717) is 17.4 Å². The SMILES string of the molecule is CCNC(=S)N(C)/C(C=O)=C(\C)c1ccc2c(c1)c1ccccc1n2-c1ccccc1. The first-order chi connectivity index (χ1) is 15.1. The topological polar surface area (TPSA) is 37.3 Å². The Morgan fingerprint density at radius 1 is 1.00 bits per heavy atom. The van der Waals surface area contributed by atoms with Crippen LogP contribution in [0.2, 0.25) is 0 Å². The molecule has 3 aromatic carbocycles. The van der Waals surface area contributed by atoms with E-state index in [2.05, 4.69) is 76.6 Å². The molecule has 0 saturated carbocycles. The lowest BCUT2D eigenvalue weighted by Gasteiger charge is -2.22. The van der Waals surface area contributed by atoms with Gasteiger partial charge >= 0.3 is 0 Å². The minimum absolute atomic E-state index is 0.533. The van der Waals surface area contributed by atoms with Gasteiger partial charge in [-0.3, -0.25) is 4.79 Å². The maximum Gasteiger partial charge on any atom is 0.173 e. The summed E-state index contributed by atoms with van der Waals surface area (Å²) in [4.78, 5) is 13.7. The first-order valence-corrected chi connectivity index (χ1v) is 10.7. The monoisotopic (exact) mass is 427 g/mol. The van der Waals surface area contributed by atoms with Crippen molar-refractivity contribution < 1.29 is 4.79 Å². The van der Waals surface area contributed by atoms with E-state index in [1.807, 2.05) is 27.0 Å². The second kappa shape index (κ2) is 8.74. The molecule has 0 amide bonds. The molecule has 0 spiro atoms. The molecule has 0 atom stereocenters. The summed E-state index contributed by atoms with van der Waals surface area (Å²) in [6, 6.07) is 25.2. The molecule has 0 fully saturated rings. The minimum Gasteiger partial charge on any atom is -0.363 e. The van der Waals surface area contributed by atoms with Crippen molar-refractivity contribution >= 4 is 51.0 Å². The maximum absolute atomic E-state index is 11.9. The number of nitrogens with one attached hydrogen (secondary N) is 1. The van der Waals surface area contributed by atoms with E-state index in [1.54, 1.807) is 4.90 Å². The molecule has 1 aromatic heterocycles. The van der Waals surface area contributed by atoms with Gasteiger partial charge in [-0.25, -0.2) is 0 Å². The molecule has 0 aliphatic carbocycles. The van der Waals surface area contributed by atoms with Crippen molar-refractivity contribution in [3.63, 3.8) is 0 Å². The Kier molecular flexibility index (Phi) is 5.87. The molecule has 31 heavy (non-hydrogen) atoms. The van der Waals surface area contributed by atoms with E-state index in [4.69, 9.17) is 12.2 Å². The van der Waals surface area contributed by atoms with Crippen molar-refractivity contribution in [3.05, 3.63) is 84.1 Å². The quantitative estimate of drug-likeness (QED) is 0.258. The van der Waals surface area contributed by atoms with E-state index in [-0.39, 0.29) is 0 Å². The number of aldehydes is 1. The summed E-state index contributed by atoms with van der Waals surface area (Å²) in [6.07, 6.45) is 0.871. The number of allylic oxidation sites excluding steroid dienone is 2. The first-order valence-electron chi connectivity index (χ1n) is 10.3. The molecule has 156 valence electrons. The number of nitrogens with zero attached hydrogens (tertiary/aromatic N) is 2. The lowest BCUT2D eigenvalue weighted by Crippen LogP contribution is -2.37. The van der Waals surface area contributed by atoms with Crippen LogP contribution in [0.15, 0.2) is 78.5 Å². The number of fused-ring (bicyclic) bond motifs is 3. The van der Waals surface area contributed by atoms with Crippen LogP contribution in [0.4, 0.5) is 0 Å². The van der Waals surface area contributed by atoms with E-state index in [9.17, 15) is 4.79 Å². The van der Waals surface area contributed by atoms with E-state index < -0.39 is 0 Å². The largest absolute Gasteiger partial charge is 0.363 e. The summed E-state index contributed by atoms with van der Waals surface area (Å²) in [5.74, 6) is 0. The number of aromatic nitrogens is 1. The summed E-state index contributed by atoms with van der Waals surface area (Å²) in [5.41, 5.74) is 5.85. The Hall–Kier alpha value is -3.44. The highest BCUT2D eigenvalue weighted by atomic mass is 32.1. The summed E-state index contributed by atoms with van der Waals surface area (Å²) in [7, 11) is 1.82. The number of benzene rings is 3. The molecule has 0 radical (unpaired) electrons. The average molecular weight is 428 g/mol. The maximum atomic E-state index is 11.9. The fourth-order valence-corrected chi connectivity index (χ4v) is 4.25. The van der Waals surface area contributed by atoms with Crippen LogP contribution in [0.1, 0.15) is 19.4 Å². The van der Waals surface area contributed by atoms with E-state index in [1.165, 1.54) is 5.39 Å². The van der Waals surface area contributed by atoms with Crippen LogP contribution in [0.5, 0.6) is 0 Å². The predicted octanol–water partition coefficient (Wildman–Crippen LogP) is 5.54. The van der Waals surface area contributed by atoms with Gasteiger partial charge in [0.2, 0.25) is 0 Å². The van der Waals surface area contributed by atoms with Gasteiger partial charge in [0, 0.05) is 30.1 Å². The van der Waals surface area contributed by atoms with Crippen LogP contribution in [0, 0.1) is 0 Å². The fourth-order valence-electron chi connectivity index (χ4n) is 4.01. The van der Waals surface area contributed by atoms with Gasteiger partial charge in [-0.1, -0.05) is 42.5 Å². The molecule has 4 nitrogen and oxygen atoms in total. The standard InChI is InChI=1S/C26H25N3OS/c1-4-27-26(31)28(3)25(17-30)18(2)19-14-15-24-22(16-19)21-12-8-9-13-23(21)29(24)20-10-6-5-7-11-20/h5-17H,4H2,1-3H3,(H,27,31)/b25-18+. The van der Waals surface area contributed by atoms with Crippen molar-refractivity contribution in [1.82, 2.24) is 14.8 Å². The lowest BCUT2D eigenvalue weighted by atomic mass is 10.0. The van der Waals surface area contributed by atoms with Gasteiger partial charge in [0.1, 0.15) is 0 Å². The highest BCUT2D eigenvalue weighted by Crippen LogP contribution is 2.34. The van der Waals surface area contributed by atoms with Crippen molar-refractivity contribution in [3.8, 4) is 5.69 Å². The smallest absolute Gasteiger partial charge is 0.173 e. The number of para-hydroxylation sites is 2. The van der Waals surface area contributed by atoms with Crippen molar-refractivity contribution in [2.45, 2.75) is 13.8 Å². The Morgan fingerprint density at radius 3 is 2.39 bits per heavy atom. The molecular weight excluding hydrogens is 402 g/mol. The number of carbonyl (C=O) groups is 1. The first kappa shape index (κ1) is 20.8. The number of hydrogen-bond donors (Lipinski definition) is 1. The molecule has 0 aliphatic rings. The predicted molar refractivity (Wildman–Crippen MR) is 133 cm³/mol. The third kappa shape index (κ3) is 3.73. The molecular formula is C26H25N3OS. The molecule has 1 N–H and O–H groups in total. The zero-order chi connectivity index (χ0) is 22.0. The number of rotatable bonds is 5. The highest BCUT2D eigenvalue weighted by Gasteiger charge is 2.16. The van der Waals surface area contributed by atoms with E-state index >= 15 is 0 Å².